The van der Waals surface area contributed by atoms with Crippen molar-refractivity contribution in [1.82, 2.24) is 20.3 Å². The highest BCUT2D eigenvalue weighted by Crippen LogP contribution is 2.23. The Morgan fingerprint density at radius 3 is 2.79 bits per heavy atom. The van der Waals surface area contributed by atoms with Gasteiger partial charge >= 0.3 is 0 Å². The van der Waals surface area contributed by atoms with Gasteiger partial charge in [0.05, 0.1) is 11.9 Å². The van der Waals surface area contributed by atoms with E-state index < -0.39 is 0 Å². The topological polar surface area (TPSA) is 76.9 Å². The average Bonchev–Trinajstić information content (AvgIpc) is 2.64. The molecule has 1 aromatic carbocycles. The fraction of sp³-hybridized carbons (Fsp3) is 0.556. The predicted molar refractivity (Wildman–Crippen MR) is 92.6 cm³/mol. The molecule has 1 aliphatic rings. The van der Waals surface area contributed by atoms with Crippen molar-refractivity contribution in [1.29, 1.82) is 0 Å². The standard InChI is InChI=1S/C18H24N4O2/c1-2-14(19-17(23)13-8-4-3-5-9-13)12-22-18(24)15-10-6-7-11-16(15)20-21-22/h6-7,10-11,13-14H,2-5,8-9,12H2,1H3,(H,19,23)/t14-/m1/s1. The lowest BCUT2D eigenvalue weighted by Crippen LogP contribution is -2.43. The summed E-state index contributed by atoms with van der Waals surface area (Å²) in [5.41, 5.74) is 0.434. The first-order valence-electron chi connectivity index (χ1n) is 8.82. The number of hydrogen-bond donors (Lipinski definition) is 1. The van der Waals surface area contributed by atoms with Crippen molar-refractivity contribution in [2.24, 2.45) is 5.92 Å². The van der Waals surface area contributed by atoms with Gasteiger partial charge in [0, 0.05) is 12.0 Å². The molecule has 6 nitrogen and oxygen atoms in total. The van der Waals surface area contributed by atoms with Crippen molar-refractivity contribution >= 4 is 16.8 Å². The third kappa shape index (κ3) is 3.63. The lowest BCUT2D eigenvalue weighted by Gasteiger charge is -2.24. The summed E-state index contributed by atoms with van der Waals surface area (Å²) in [6, 6.07) is 7.08. The number of carbonyl (C=O) groups excluding carboxylic acids is 1. The smallest absolute Gasteiger partial charge is 0.277 e. The zero-order valence-electron chi connectivity index (χ0n) is 14.1. The number of benzene rings is 1. The SMILES string of the molecule is CC[C@H](Cn1nnc2ccccc2c1=O)NC(=O)C1CCCCC1. The second-order valence-electron chi connectivity index (χ2n) is 6.54. The minimum atomic E-state index is -0.161. The number of carbonyl (C=O) groups is 1. The molecule has 24 heavy (non-hydrogen) atoms. The van der Waals surface area contributed by atoms with E-state index in [-0.39, 0.29) is 23.4 Å². The Kier molecular flexibility index (Phi) is 5.23. The van der Waals surface area contributed by atoms with Crippen LogP contribution in [0.5, 0.6) is 0 Å². The van der Waals surface area contributed by atoms with Crippen molar-refractivity contribution in [2.75, 3.05) is 0 Å². The van der Waals surface area contributed by atoms with Gasteiger partial charge in [0.25, 0.3) is 5.56 Å². The molecule has 1 saturated carbocycles. The molecule has 128 valence electrons. The number of rotatable bonds is 5. The van der Waals surface area contributed by atoms with Gasteiger partial charge in [-0.2, -0.15) is 0 Å². The third-order valence-corrected chi connectivity index (χ3v) is 4.84. The van der Waals surface area contributed by atoms with E-state index in [2.05, 4.69) is 15.6 Å². The maximum atomic E-state index is 12.5. The maximum Gasteiger partial charge on any atom is 0.277 e. The number of hydrogen-bond acceptors (Lipinski definition) is 4. The van der Waals surface area contributed by atoms with Gasteiger partial charge in [-0.05, 0) is 31.4 Å². The predicted octanol–water partition coefficient (Wildman–Crippen LogP) is 2.27. The molecule has 1 aromatic heterocycles. The number of amides is 1. The second-order valence-corrected chi connectivity index (χ2v) is 6.54. The highest BCUT2D eigenvalue weighted by Gasteiger charge is 2.23. The van der Waals surface area contributed by atoms with Crippen LogP contribution in [-0.4, -0.2) is 26.9 Å². The quantitative estimate of drug-likeness (QED) is 0.913. The van der Waals surface area contributed by atoms with Gasteiger partial charge in [0.2, 0.25) is 5.91 Å². The van der Waals surface area contributed by atoms with Crippen molar-refractivity contribution in [3.63, 3.8) is 0 Å². The van der Waals surface area contributed by atoms with Crippen LogP contribution in [0.4, 0.5) is 0 Å². The van der Waals surface area contributed by atoms with Crippen LogP contribution in [-0.2, 0) is 11.3 Å². The molecule has 0 saturated heterocycles. The van der Waals surface area contributed by atoms with Crippen LogP contribution < -0.4 is 10.9 Å². The van der Waals surface area contributed by atoms with Crippen LogP contribution in [0.15, 0.2) is 29.1 Å². The molecule has 1 fully saturated rings. The Bertz CT molecular complexity index is 765. The molecular formula is C18H24N4O2. The highest BCUT2D eigenvalue weighted by atomic mass is 16.2. The minimum absolute atomic E-state index is 0.104. The molecule has 0 bridgehead atoms. The largest absolute Gasteiger partial charge is 0.351 e. The Morgan fingerprint density at radius 1 is 1.29 bits per heavy atom. The lowest BCUT2D eigenvalue weighted by molar-refractivity contribution is -0.126. The maximum absolute atomic E-state index is 12.5. The van der Waals surface area contributed by atoms with E-state index in [0.717, 1.165) is 32.1 Å². The zero-order valence-corrected chi connectivity index (χ0v) is 14.1. The fourth-order valence-corrected chi connectivity index (χ4v) is 3.31. The molecule has 0 aliphatic heterocycles. The molecule has 3 rings (SSSR count). The summed E-state index contributed by atoms with van der Waals surface area (Å²) in [6.45, 7) is 2.36. The minimum Gasteiger partial charge on any atom is -0.351 e. The molecule has 1 atom stereocenters. The summed E-state index contributed by atoms with van der Waals surface area (Å²) in [6.07, 6.45) is 6.17. The molecule has 2 aromatic rings. The summed E-state index contributed by atoms with van der Waals surface area (Å²) in [5.74, 6) is 0.232. The molecule has 0 radical (unpaired) electrons. The van der Waals surface area contributed by atoms with E-state index in [1.807, 2.05) is 19.1 Å². The monoisotopic (exact) mass is 328 g/mol. The molecule has 1 amide bonds. The number of nitrogens with zero attached hydrogens (tertiary/aromatic N) is 3. The van der Waals surface area contributed by atoms with Gasteiger partial charge in [-0.1, -0.05) is 43.5 Å². The zero-order chi connectivity index (χ0) is 16.9. The number of nitrogens with one attached hydrogen (secondary N) is 1. The second kappa shape index (κ2) is 7.55. The molecule has 1 aliphatic carbocycles. The summed E-state index contributed by atoms with van der Waals surface area (Å²) >= 11 is 0. The molecule has 0 unspecified atom stereocenters. The van der Waals surface area contributed by atoms with E-state index in [0.29, 0.717) is 17.4 Å². The van der Waals surface area contributed by atoms with E-state index in [9.17, 15) is 9.59 Å². The van der Waals surface area contributed by atoms with Crippen LogP contribution in [0.3, 0.4) is 0 Å². The Balaban J connectivity index is 1.72. The van der Waals surface area contributed by atoms with Crippen molar-refractivity contribution < 1.29 is 4.79 Å². The number of fused-ring (bicyclic) bond motifs is 1. The van der Waals surface area contributed by atoms with Crippen molar-refractivity contribution in [2.45, 2.75) is 58.0 Å². The normalized spacial score (nSPS) is 16.9. The molecule has 1 N–H and O–H groups in total. The lowest BCUT2D eigenvalue weighted by atomic mass is 9.88. The third-order valence-electron chi connectivity index (χ3n) is 4.84. The first-order chi connectivity index (χ1) is 11.7. The Morgan fingerprint density at radius 2 is 2.04 bits per heavy atom. The first kappa shape index (κ1) is 16.6. The van der Waals surface area contributed by atoms with E-state index >= 15 is 0 Å². The summed E-state index contributed by atoms with van der Waals surface area (Å²) in [4.78, 5) is 24.9. The highest BCUT2D eigenvalue weighted by molar-refractivity contribution is 5.79. The fourth-order valence-electron chi connectivity index (χ4n) is 3.31. The first-order valence-corrected chi connectivity index (χ1v) is 8.82. The average molecular weight is 328 g/mol. The van der Waals surface area contributed by atoms with Gasteiger partial charge in [-0.25, -0.2) is 4.68 Å². The van der Waals surface area contributed by atoms with Crippen LogP contribution in [0.1, 0.15) is 45.4 Å². The summed E-state index contributed by atoms with van der Waals surface area (Å²) in [7, 11) is 0. The summed E-state index contributed by atoms with van der Waals surface area (Å²) in [5, 5.41) is 11.8. The number of aromatic nitrogens is 3. The van der Waals surface area contributed by atoms with Crippen LogP contribution in [0, 0.1) is 5.92 Å². The van der Waals surface area contributed by atoms with Gasteiger partial charge in [0.1, 0.15) is 5.52 Å². The summed E-state index contributed by atoms with van der Waals surface area (Å²) < 4.78 is 1.36. The van der Waals surface area contributed by atoms with E-state index in [1.54, 1.807) is 12.1 Å². The van der Waals surface area contributed by atoms with Gasteiger partial charge in [0.15, 0.2) is 0 Å². The molecule has 0 spiro atoms. The Labute approximate surface area is 141 Å². The molecule has 1 heterocycles. The van der Waals surface area contributed by atoms with Gasteiger partial charge < -0.3 is 5.32 Å². The van der Waals surface area contributed by atoms with Crippen molar-refractivity contribution in [3.05, 3.63) is 34.6 Å². The van der Waals surface area contributed by atoms with E-state index in [1.165, 1.54) is 11.1 Å². The van der Waals surface area contributed by atoms with Crippen LogP contribution in [0.25, 0.3) is 10.9 Å². The van der Waals surface area contributed by atoms with Crippen LogP contribution >= 0.6 is 0 Å². The van der Waals surface area contributed by atoms with E-state index in [4.69, 9.17) is 0 Å². The van der Waals surface area contributed by atoms with Crippen LogP contribution in [0.2, 0.25) is 0 Å². The van der Waals surface area contributed by atoms with Crippen molar-refractivity contribution in [3.8, 4) is 0 Å². The molecular weight excluding hydrogens is 304 g/mol. The van der Waals surface area contributed by atoms with Gasteiger partial charge in [-0.3, -0.25) is 9.59 Å². The van der Waals surface area contributed by atoms with Gasteiger partial charge in [-0.15, -0.1) is 5.10 Å². The molecule has 6 heteroatoms. The Hall–Kier alpha value is -2.24.